The van der Waals surface area contributed by atoms with Crippen molar-refractivity contribution in [1.29, 1.82) is 0 Å². The smallest absolute Gasteiger partial charge is 0.259 e. The van der Waals surface area contributed by atoms with E-state index in [0.29, 0.717) is 10.7 Å². The molecule has 1 unspecified atom stereocenters. The molecule has 3 aromatic carbocycles. The second kappa shape index (κ2) is 7.98. The summed E-state index contributed by atoms with van der Waals surface area (Å²) in [6.45, 7) is 7.72. The number of halogens is 1. The van der Waals surface area contributed by atoms with Crippen LogP contribution in [0.1, 0.15) is 35.2 Å². The van der Waals surface area contributed by atoms with Crippen LogP contribution in [-0.2, 0) is 10.0 Å². The van der Waals surface area contributed by atoms with Crippen LogP contribution < -0.4 is 4.31 Å². The van der Waals surface area contributed by atoms with Crippen LogP contribution in [0.4, 0.5) is 5.69 Å². The van der Waals surface area contributed by atoms with Gasteiger partial charge in [-0.2, -0.15) is 0 Å². The summed E-state index contributed by atoms with van der Waals surface area (Å²) in [5, 5.41) is 0.438. The van der Waals surface area contributed by atoms with E-state index in [1.54, 1.807) is 12.1 Å². The van der Waals surface area contributed by atoms with Crippen molar-refractivity contribution in [2.45, 2.75) is 38.6 Å². The van der Waals surface area contributed by atoms with Crippen molar-refractivity contribution >= 4 is 27.3 Å². The molecule has 3 nitrogen and oxygen atoms in total. The molecule has 0 N–H and O–H groups in total. The first-order valence-corrected chi connectivity index (χ1v) is 11.0. The number of rotatable bonds is 5. The lowest BCUT2D eigenvalue weighted by molar-refractivity contribution is 0.583. The van der Waals surface area contributed by atoms with Gasteiger partial charge in [-0.3, -0.25) is 4.31 Å². The van der Waals surface area contributed by atoms with E-state index >= 15 is 0 Å². The van der Waals surface area contributed by atoms with Crippen LogP contribution in [0.15, 0.2) is 71.6 Å². The third-order valence-corrected chi connectivity index (χ3v) is 7.17. The van der Waals surface area contributed by atoms with Crippen molar-refractivity contribution in [2.24, 2.45) is 0 Å². The summed E-state index contributed by atoms with van der Waals surface area (Å²) in [6, 6.07) is 20.0. The molecule has 3 rings (SSSR count). The largest absolute Gasteiger partial charge is 0.264 e. The fourth-order valence-corrected chi connectivity index (χ4v) is 5.07. The Labute approximate surface area is 172 Å². The Morgan fingerprint density at radius 3 is 2.14 bits per heavy atom. The van der Waals surface area contributed by atoms with E-state index in [4.69, 9.17) is 11.6 Å². The topological polar surface area (TPSA) is 37.4 Å². The van der Waals surface area contributed by atoms with Gasteiger partial charge in [0, 0.05) is 5.02 Å². The molecule has 0 radical (unpaired) electrons. The lowest BCUT2D eigenvalue weighted by Crippen LogP contribution is -2.33. The van der Waals surface area contributed by atoms with Crippen molar-refractivity contribution in [3.8, 4) is 0 Å². The first-order valence-electron chi connectivity index (χ1n) is 9.14. The highest BCUT2D eigenvalue weighted by Crippen LogP contribution is 2.34. The van der Waals surface area contributed by atoms with Crippen molar-refractivity contribution in [2.75, 3.05) is 4.31 Å². The molecular formula is C23H24ClNO2S. The molecule has 1 atom stereocenters. The normalized spacial score (nSPS) is 12.6. The third-order valence-electron chi connectivity index (χ3n) is 4.87. The van der Waals surface area contributed by atoms with Gasteiger partial charge in [0.1, 0.15) is 0 Å². The maximum atomic E-state index is 13.7. The number of sulfonamides is 1. The summed E-state index contributed by atoms with van der Waals surface area (Å²) in [5.74, 6) is 0. The number of aryl methyl sites for hydroxylation is 3. The van der Waals surface area contributed by atoms with Crippen molar-refractivity contribution in [3.63, 3.8) is 0 Å². The summed E-state index contributed by atoms with van der Waals surface area (Å²) in [7, 11) is -3.82. The molecule has 0 fully saturated rings. The van der Waals surface area contributed by atoms with Gasteiger partial charge in [0.2, 0.25) is 0 Å². The van der Waals surface area contributed by atoms with Crippen LogP contribution in [0.2, 0.25) is 5.02 Å². The van der Waals surface area contributed by atoms with Crippen LogP contribution >= 0.6 is 11.6 Å². The minimum Gasteiger partial charge on any atom is -0.259 e. The number of hydrogen-bond donors (Lipinski definition) is 0. The standard InChI is InChI=1S/C23H24ClNO2S/c1-16-8-11-20(12-9-16)19(4)25(21-7-5-6-17(2)14-21)28(26,27)22-13-10-18(3)23(24)15-22/h5-15,19H,1-4H3. The monoisotopic (exact) mass is 413 g/mol. The van der Waals surface area contributed by atoms with Gasteiger partial charge in [0.15, 0.2) is 0 Å². The summed E-state index contributed by atoms with van der Waals surface area (Å²) in [4.78, 5) is 0.184. The van der Waals surface area contributed by atoms with Gasteiger partial charge in [0.25, 0.3) is 10.0 Å². The van der Waals surface area contributed by atoms with Crippen LogP contribution in [0.25, 0.3) is 0 Å². The molecule has 5 heteroatoms. The highest BCUT2D eigenvalue weighted by Gasteiger charge is 2.30. The Bertz CT molecular complexity index is 1090. The number of hydrogen-bond acceptors (Lipinski definition) is 2. The summed E-state index contributed by atoms with van der Waals surface area (Å²) >= 11 is 6.23. The van der Waals surface area contributed by atoms with Crippen molar-refractivity contribution < 1.29 is 8.42 Å². The highest BCUT2D eigenvalue weighted by atomic mass is 35.5. The van der Waals surface area contributed by atoms with Crippen LogP contribution in [0.3, 0.4) is 0 Å². The first-order chi connectivity index (χ1) is 13.2. The SMILES string of the molecule is Cc1ccc(C(C)N(c2cccc(C)c2)S(=O)(=O)c2ccc(C)c(Cl)c2)cc1. The zero-order valence-electron chi connectivity index (χ0n) is 16.5. The van der Waals surface area contributed by atoms with E-state index in [1.807, 2.05) is 76.2 Å². The van der Waals surface area contributed by atoms with Crippen molar-refractivity contribution in [3.05, 3.63) is 94.0 Å². The number of anilines is 1. The van der Waals surface area contributed by atoms with E-state index in [-0.39, 0.29) is 10.9 Å². The minimum absolute atomic E-state index is 0.184. The average molecular weight is 414 g/mol. The Hall–Kier alpha value is -2.30. The molecule has 0 amide bonds. The van der Waals surface area contributed by atoms with Crippen LogP contribution in [-0.4, -0.2) is 8.42 Å². The van der Waals surface area contributed by atoms with Crippen LogP contribution in [0, 0.1) is 20.8 Å². The Kier molecular flexibility index (Phi) is 5.82. The van der Waals surface area contributed by atoms with Crippen molar-refractivity contribution in [1.82, 2.24) is 0 Å². The zero-order valence-corrected chi connectivity index (χ0v) is 18.1. The summed E-state index contributed by atoms with van der Waals surface area (Å²) in [6.07, 6.45) is 0. The fourth-order valence-electron chi connectivity index (χ4n) is 3.16. The van der Waals surface area contributed by atoms with E-state index < -0.39 is 10.0 Å². The van der Waals surface area contributed by atoms with Gasteiger partial charge in [-0.1, -0.05) is 59.6 Å². The fraction of sp³-hybridized carbons (Fsp3) is 0.217. The van der Waals surface area contributed by atoms with E-state index in [0.717, 1.165) is 22.3 Å². The summed E-state index contributed by atoms with van der Waals surface area (Å²) < 4.78 is 28.8. The molecule has 0 aliphatic rings. The molecule has 0 aliphatic carbocycles. The van der Waals surface area contributed by atoms with Gasteiger partial charge in [-0.25, -0.2) is 8.42 Å². The van der Waals surface area contributed by atoms with Gasteiger partial charge in [0.05, 0.1) is 16.6 Å². The van der Waals surface area contributed by atoms with Gasteiger partial charge < -0.3 is 0 Å². The van der Waals surface area contributed by atoms with Gasteiger partial charge in [-0.05, 0) is 68.7 Å². The maximum Gasteiger partial charge on any atom is 0.264 e. The molecule has 146 valence electrons. The molecule has 0 heterocycles. The van der Waals surface area contributed by atoms with E-state index in [1.165, 1.54) is 10.4 Å². The number of benzene rings is 3. The second-order valence-corrected chi connectivity index (χ2v) is 9.36. The Balaban J connectivity index is 2.17. The molecule has 28 heavy (non-hydrogen) atoms. The number of nitrogens with zero attached hydrogens (tertiary/aromatic N) is 1. The lowest BCUT2D eigenvalue weighted by atomic mass is 10.1. The quantitative estimate of drug-likeness (QED) is 0.497. The molecule has 0 aromatic heterocycles. The Morgan fingerprint density at radius 1 is 0.857 bits per heavy atom. The predicted octanol–water partition coefficient (Wildman–Crippen LogP) is 6.22. The first kappa shape index (κ1) is 20.4. The molecule has 0 saturated carbocycles. The maximum absolute atomic E-state index is 13.7. The predicted molar refractivity (Wildman–Crippen MR) is 117 cm³/mol. The molecular weight excluding hydrogens is 390 g/mol. The van der Waals surface area contributed by atoms with Crippen LogP contribution in [0.5, 0.6) is 0 Å². The van der Waals surface area contributed by atoms with Gasteiger partial charge in [-0.15, -0.1) is 0 Å². The Morgan fingerprint density at radius 2 is 1.54 bits per heavy atom. The molecule has 0 aliphatic heterocycles. The lowest BCUT2D eigenvalue weighted by Gasteiger charge is -2.31. The molecule has 0 bridgehead atoms. The molecule has 0 spiro atoms. The molecule has 0 saturated heterocycles. The van der Waals surface area contributed by atoms with Gasteiger partial charge >= 0.3 is 0 Å². The highest BCUT2D eigenvalue weighted by molar-refractivity contribution is 7.92. The molecule has 3 aromatic rings. The zero-order chi connectivity index (χ0) is 20.5. The third kappa shape index (κ3) is 4.08. The second-order valence-electron chi connectivity index (χ2n) is 7.14. The van der Waals surface area contributed by atoms with E-state index in [2.05, 4.69) is 0 Å². The van der Waals surface area contributed by atoms with E-state index in [9.17, 15) is 8.42 Å². The summed E-state index contributed by atoms with van der Waals surface area (Å²) in [5.41, 5.74) is 4.52. The minimum atomic E-state index is -3.82. The average Bonchev–Trinajstić information content (AvgIpc) is 2.64.